The van der Waals surface area contributed by atoms with Gasteiger partial charge in [0, 0.05) is 0 Å². The second kappa shape index (κ2) is 4.84. The van der Waals surface area contributed by atoms with Gasteiger partial charge in [-0.25, -0.2) is 0 Å². The molecule has 0 saturated heterocycles. The molecule has 0 bridgehead atoms. The first-order chi connectivity index (χ1) is 11.3. The minimum absolute atomic E-state index is 0.0608. The van der Waals surface area contributed by atoms with Crippen LogP contribution in [0.15, 0.2) is 57.7 Å². The summed E-state index contributed by atoms with van der Waals surface area (Å²) >= 11 is 0. The van der Waals surface area contributed by atoms with Gasteiger partial charge in [-0.05, 0) is 42.0 Å². The van der Waals surface area contributed by atoms with Crippen LogP contribution in [0.2, 0.25) is 0 Å². The van der Waals surface area contributed by atoms with Gasteiger partial charge in [0.05, 0.1) is 16.3 Å². The lowest BCUT2D eigenvalue weighted by Gasteiger charge is -2.10. The molecule has 0 aliphatic rings. The van der Waals surface area contributed by atoms with E-state index < -0.39 is 22.6 Å². The molecule has 0 radical (unpaired) electrons. The van der Waals surface area contributed by atoms with Gasteiger partial charge in [0.1, 0.15) is 11.2 Å². The van der Waals surface area contributed by atoms with E-state index in [1.165, 1.54) is 12.1 Å². The predicted octanol–water partition coefficient (Wildman–Crippen LogP) is 5.43. The second-order valence-electron chi connectivity index (χ2n) is 5.81. The fraction of sp³-hybridized carbons (Fsp3) is 0.105. The Kier molecular flexibility index (Phi) is 2.97. The quantitative estimate of drug-likeness (QED) is 0.403. The lowest BCUT2D eigenvalue weighted by Crippen LogP contribution is -2.12. The van der Waals surface area contributed by atoms with Crippen molar-refractivity contribution in [1.82, 2.24) is 0 Å². The first-order valence-corrected chi connectivity index (χ1v) is 7.32. The van der Waals surface area contributed by atoms with Crippen LogP contribution in [0.5, 0.6) is 0 Å². The normalized spacial score (nSPS) is 12.3. The molecule has 0 aliphatic heterocycles. The van der Waals surface area contributed by atoms with Crippen LogP contribution in [-0.2, 0) is 6.18 Å². The van der Waals surface area contributed by atoms with Gasteiger partial charge in [-0.15, -0.1) is 0 Å². The molecular weight excluding hydrogens is 317 g/mol. The number of alkyl halides is 3. The van der Waals surface area contributed by atoms with Crippen molar-refractivity contribution in [3.05, 3.63) is 69.9 Å². The molecule has 1 heterocycles. The SMILES string of the molecule is Cc1ccc2cc3c(=O)c4c(C(F)(F)F)cccc4oc3cc2c1. The molecule has 0 aliphatic carbocycles. The highest BCUT2D eigenvalue weighted by atomic mass is 19.4. The van der Waals surface area contributed by atoms with E-state index in [0.717, 1.165) is 22.4 Å². The van der Waals surface area contributed by atoms with Crippen molar-refractivity contribution in [3.8, 4) is 0 Å². The fourth-order valence-corrected chi connectivity index (χ4v) is 3.00. The standard InChI is InChI=1S/C19H11F3O2/c1-10-5-6-11-8-13-16(9-12(11)7-10)24-15-4-2-3-14(19(20,21)22)17(15)18(13)23/h2-9H,1H3. The van der Waals surface area contributed by atoms with Crippen molar-refractivity contribution in [2.75, 3.05) is 0 Å². The van der Waals surface area contributed by atoms with Crippen LogP contribution in [0, 0.1) is 6.92 Å². The van der Waals surface area contributed by atoms with Crippen LogP contribution in [0.3, 0.4) is 0 Å². The molecule has 3 aromatic carbocycles. The van der Waals surface area contributed by atoms with E-state index in [1.807, 2.05) is 25.1 Å². The topological polar surface area (TPSA) is 30.2 Å². The van der Waals surface area contributed by atoms with Crippen molar-refractivity contribution in [2.24, 2.45) is 0 Å². The van der Waals surface area contributed by atoms with Crippen LogP contribution in [0.1, 0.15) is 11.1 Å². The van der Waals surface area contributed by atoms with E-state index >= 15 is 0 Å². The lowest BCUT2D eigenvalue weighted by atomic mass is 10.0. The second-order valence-corrected chi connectivity index (χ2v) is 5.81. The number of hydrogen-bond acceptors (Lipinski definition) is 2. The van der Waals surface area contributed by atoms with Gasteiger partial charge in [-0.2, -0.15) is 13.2 Å². The Labute approximate surface area is 134 Å². The third-order valence-corrected chi connectivity index (χ3v) is 4.12. The molecule has 0 N–H and O–H groups in total. The zero-order chi connectivity index (χ0) is 17.1. The number of fused-ring (bicyclic) bond motifs is 3. The summed E-state index contributed by atoms with van der Waals surface area (Å²) in [6, 6.07) is 12.5. The molecule has 120 valence electrons. The van der Waals surface area contributed by atoms with E-state index in [2.05, 4.69) is 0 Å². The zero-order valence-corrected chi connectivity index (χ0v) is 12.6. The zero-order valence-electron chi connectivity index (χ0n) is 12.6. The van der Waals surface area contributed by atoms with Gasteiger partial charge >= 0.3 is 6.18 Å². The Morgan fingerprint density at radius 1 is 0.917 bits per heavy atom. The molecule has 1 aromatic heterocycles. The summed E-state index contributed by atoms with van der Waals surface area (Å²) in [7, 11) is 0. The average molecular weight is 328 g/mol. The Balaban J connectivity index is 2.20. The van der Waals surface area contributed by atoms with Crippen molar-refractivity contribution < 1.29 is 17.6 Å². The smallest absolute Gasteiger partial charge is 0.417 e. The molecule has 0 unspecified atom stereocenters. The van der Waals surface area contributed by atoms with Gasteiger partial charge in [0.15, 0.2) is 0 Å². The highest BCUT2D eigenvalue weighted by Crippen LogP contribution is 2.34. The number of rotatable bonds is 0. The van der Waals surface area contributed by atoms with Gasteiger partial charge in [-0.3, -0.25) is 4.79 Å². The number of aryl methyl sites for hydroxylation is 1. The maximum atomic E-state index is 13.2. The van der Waals surface area contributed by atoms with Crippen molar-refractivity contribution in [2.45, 2.75) is 13.1 Å². The van der Waals surface area contributed by atoms with Crippen LogP contribution in [0.4, 0.5) is 13.2 Å². The van der Waals surface area contributed by atoms with Crippen LogP contribution < -0.4 is 5.43 Å². The summed E-state index contributed by atoms with van der Waals surface area (Å²) in [6.07, 6.45) is -4.62. The number of hydrogen-bond donors (Lipinski definition) is 0. The third kappa shape index (κ3) is 2.16. The van der Waals surface area contributed by atoms with Crippen LogP contribution in [0.25, 0.3) is 32.7 Å². The molecule has 4 aromatic rings. The van der Waals surface area contributed by atoms with E-state index in [1.54, 1.807) is 12.1 Å². The summed E-state index contributed by atoms with van der Waals surface area (Å²) in [5, 5.41) is 1.38. The first-order valence-electron chi connectivity index (χ1n) is 7.32. The maximum Gasteiger partial charge on any atom is 0.417 e. The van der Waals surface area contributed by atoms with Gasteiger partial charge < -0.3 is 4.42 Å². The molecular formula is C19H11F3O2. The van der Waals surface area contributed by atoms with Crippen LogP contribution in [-0.4, -0.2) is 0 Å². The van der Waals surface area contributed by atoms with Crippen molar-refractivity contribution >= 4 is 32.7 Å². The first kappa shape index (κ1) is 14.8. The highest BCUT2D eigenvalue weighted by Gasteiger charge is 2.34. The van der Waals surface area contributed by atoms with Gasteiger partial charge in [0.2, 0.25) is 5.43 Å². The molecule has 24 heavy (non-hydrogen) atoms. The molecule has 4 rings (SSSR count). The van der Waals surface area contributed by atoms with E-state index in [9.17, 15) is 18.0 Å². The largest absolute Gasteiger partial charge is 0.456 e. The van der Waals surface area contributed by atoms with Crippen molar-refractivity contribution in [3.63, 3.8) is 0 Å². The van der Waals surface area contributed by atoms with E-state index in [-0.39, 0.29) is 16.6 Å². The molecule has 0 atom stereocenters. The molecule has 0 fully saturated rings. The predicted molar refractivity (Wildman–Crippen MR) is 87.2 cm³/mol. The summed E-state index contributed by atoms with van der Waals surface area (Å²) in [5.41, 5.74) is -0.370. The molecule has 0 spiro atoms. The molecule has 0 amide bonds. The number of benzene rings is 3. The fourth-order valence-electron chi connectivity index (χ4n) is 3.00. The Morgan fingerprint density at radius 2 is 1.71 bits per heavy atom. The lowest BCUT2D eigenvalue weighted by molar-refractivity contribution is -0.136. The Bertz CT molecular complexity index is 1170. The van der Waals surface area contributed by atoms with Crippen molar-refractivity contribution in [1.29, 1.82) is 0 Å². The summed E-state index contributed by atoms with van der Waals surface area (Å²) < 4.78 is 45.3. The minimum atomic E-state index is -4.62. The number of halogens is 3. The van der Waals surface area contributed by atoms with E-state index in [4.69, 9.17) is 4.42 Å². The monoisotopic (exact) mass is 328 g/mol. The average Bonchev–Trinajstić information content (AvgIpc) is 2.52. The highest BCUT2D eigenvalue weighted by molar-refractivity contribution is 6.00. The summed E-state index contributed by atoms with van der Waals surface area (Å²) in [4.78, 5) is 12.7. The van der Waals surface area contributed by atoms with Crippen LogP contribution >= 0.6 is 0 Å². The van der Waals surface area contributed by atoms with E-state index in [0.29, 0.717) is 0 Å². The summed E-state index contributed by atoms with van der Waals surface area (Å²) in [6.45, 7) is 1.94. The Hall–Kier alpha value is -2.82. The molecule has 0 saturated carbocycles. The molecule has 5 heteroatoms. The maximum absolute atomic E-state index is 13.2. The summed E-state index contributed by atoms with van der Waals surface area (Å²) in [5.74, 6) is 0. The Morgan fingerprint density at radius 3 is 2.46 bits per heavy atom. The third-order valence-electron chi connectivity index (χ3n) is 4.12. The van der Waals surface area contributed by atoms with Gasteiger partial charge in [0.25, 0.3) is 0 Å². The molecule has 2 nitrogen and oxygen atoms in total. The van der Waals surface area contributed by atoms with Gasteiger partial charge in [-0.1, -0.05) is 29.8 Å². The minimum Gasteiger partial charge on any atom is -0.456 e.